The Kier molecular flexibility index (Phi) is 6.06. The number of nitrogens with one attached hydrogen (secondary N) is 2. The molecule has 0 radical (unpaired) electrons. The summed E-state index contributed by atoms with van der Waals surface area (Å²) < 4.78 is 7.05. The fourth-order valence-corrected chi connectivity index (χ4v) is 3.29. The minimum absolute atomic E-state index is 0.00313. The van der Waals surface area contributed by atoms with Crippen LogP contribution in [0.2, 0.25) is 0 Å². The van der Waals surface area contributed by atoms with Crippen LogP contribution in [0.1, 0.15) is 30.0 Å². The molecule has 25 heavy (non-hydrogen) atoms. The van der Waals surface area contributed by atoms with Crippen LogP contribution >= 0.6 is 0 Å². The van der Waals surface area contributed by atoms with Gasteiger partial charge in [0.05, 0.1) is 7.11 Å². The largest absolute Gasteiger partial charge is 0.497 e. The van der Waals surface area contributed by atoms with Crippen molar-refractivity contribution in [2.75, 3.05) is 26.7 Å². The lowest BCUT2D eigenvalue weighted by Crippen LogP contribution is -2.33. The summed E-state index contributed by atoms with van der Waals surface area (Å²) in [4.78, 5) is 12.2. The van der Waals surface area contributed by atoms with E-state index in [9.17, 15) is 4.79 Å². The summed E-state index contributed by atoms with van der Waals surface area (Å²) in [7, 11) is 1.66. The van der Waals surface area contributed by atoms with Crippen LogP contribution in [-0.2, 0) is 17.8 Å². The van der Waals surface area contributed by atoms with E-state index in [1.165, 1.54) is 6.42 Å². The highest BCUT2D eigenvalue weighted by Crippen LogP contribution is 2.22. The molecule has 0 aliphatic carbocycles. The van der Waals surface area contributed by atoms with Gasteiger partial charge >= 0.3 is 0 Å². The lowest BCUT2D eigenvalue weighted by atomic mass is 9.96. The van der Waals surface area contributed by atoms with Crippen molar-refractivity contribution in [3.05, 3.63) is 47.8 Å². The van der Waals surface area contributed by atoms with Gasteiger partial charge in [0.2, 0.25) is 5.91 Å². The van der Waals surface area contributed by atoms with Crippen molar-refractivity contribution in [3.63, 3.8) is 0 Å². The number of rotatable bonds is 7. The molecule has 1 aliphatic heterocycles. The Hall–Kier alpha value is -2.34. The zero-order valence-electron chi connectivity index (χ0n) is 14.7. The maximum atomic E-state index is 12.2. The zero-order valence-corrected chi connectivity index (χ0v) is 14.7. The maximum Gasteiger partial charge on any atom is 0.241 e. The molecule has 2 N–H and O–H groups in total. The number of carbonyl (C=O) groups is 1. The number of benzene rings is 1. The molecule has 6 heteroatoms. The fraction of sp³-hybridized carbons (Fsp3) is 0.474. The first-order chi connectivity index (χ1) is 12.3. The molecule has 134 valence electrons. The van der Waals surface area contributed by atoms with Crippen molar-refractivity contribution in [3.8, 4) is 5.75 Å². The summed E-state index contributed by atoms with van der Waals surface area (Å²) in [6, 6.07) is 9.94. The van der Waals surface area contributed by atoms with Crippen molar-refractivity contribution in [2.24, 2.45) is 0 Å². The van der Waals surface area contributed by atoms with E-state index in [1.807, 2.05) is 35.0 Å². The van der Waals surface area contributed by atoms with E-state index in [0.717, 1.165) is 42.9 Å². The average Bonchev–Trinajstić information content (AvgIpc) is 3.10. The molecule has 1 fully saturated rings. The Morgan fingerprint density at radius 2 is 2.36 bits per heavy atom. The van der Waals surface area contributed by atoms with Gasteiger partial charge in [-0.15, -0.1) is 0 Å². The lowest BCUT2D eigenvalue weighted by molar-refractivity contribution is -0.121. The molecule has 6 nitrogen and oxygen atoms in total. The highest BCUT2D eigenvalue weighted by atomic mass is 16.5. The van der Waals surface area contributed by atoms with Crippen LogP contribution in [0.25, 0.3) is 0 Å². The molecule has 1 amide bonds. The van der Waals surface area contributed by atoms with Crippen LogP contribution in [0.4, 0.5) is 0 Å². The van der Waals surface area contributed by atoms with Gasteiger partial charge in [-0.25, -0.2) is 0 Å². The van der Waals surface area contributed by atoms with E-state index < -0.39 is 0 Å². The van der Waals surface area contributed by atoms with Gasteiger partial charge in [-0.1, -0.05) is 12.1 Å². The van der Waals surface area contributed by atoms with Crippen molar-refractivity contribution >= 4 is 5.91 Å². The number of amides is 1. The molecule has 0 bridgehead atoms. The molecule has 1 aromatic heterocycles. The van der Waals surface area contributed by atoms with Crippen LogP contribution in [0.5, 0.6) is 5.75 Å². The molecular formula is C19H26N4O2. The molecule has 0 spiro atoms. The predicted octanol–water partition coefficient (Wildman–Crippen LogP) is 1.72. The highest BCUT2D eigenvalue weighted by molar-refractivity contribution is 5.75. The number of carbonyl (C=O) groups excluding carboxylic acids is 1. The van der Waals surface area contributed by atoms with Crippen molar-refractivity contribution < 1.29 is 9.53 Å². The molecular weight excluding hydrogens is 316 g/mol. The van der Waals surface area contributed by atoms with E-state index in [2.05, 4.69) is 15.7 Å². The molecule has 0 saturated carbocycles. The normalized spacial score (nSPS) is 17.2. The van der Waals surface area contributed by atoms with Gasteiger partial charge in [-0.3, -0.25) is 9.48 Å². The number of hydrogen-bond acceptors (Lipinski definition) is 4. The summed E-state index contributed by atoms with van der Waals surface area (Å²) in [5.74, 6) is 1.28. The monoisotopic (exact) mass is 342 g/mol. The standard InChI is InChI=1S/C19H26N4O2/c1-25-17-6-2-4-15(12-17)7-10-21-19(24)14-23-18(8-11-22-23)16-5-3-9-20-13-16/h2,4,6,8,11-12,16,20H,3,5,7,9-10,13-14H2,1H3,(H,21,24)/t16-/m0/s1. The Morgan fingerprint density at radius 3 is 3.16 bits per heavy atom. The fourth-order valence-electron chi connectivity index (χ4n) is 3.29. The highest BCUT2D eigenvalue weighted by Gasteiger charge is 2.19. The van der Waals surface area contributed by atoms with Crippen LogP contribution in [0.3, 0.4) is 0 Å². The third-order valence-corrected chi connectivity index (χ3v) is 4.63. The van der Waals surface area contributed by atoms with Crippen LogP contribution < -0.4 is 15.4 Å². The molecule has 1 aromatic carbocycles. The first-order valence-corrected chi connectivity index (χ1v) is 8.88. The minimum Gasteiger partial charge on any atom is -0.497 e. The first-order valence-electron chi connectivity index (χ1n) is 8.88. The first kappa shape index (κ1) is 17.5. The Labute approximate surface area is 148 Å². The second-order valence-corrected chi connectivity index (χ2v) is 6.41. The smallest absolute Gasteiger partial charge is 0.241 e. The molecule has 1 saturated heterocycles. The van der Waals surface area contributed by atoms with Crippen molar-refractivity contribution in [2.45, 2.75) is 31.7 Å². The maximum absolute atomic E-state index is 12.2. The quantitative estimate of drug-likeness (QED) is 0.804. The Morgan fingerprint density at radius 1 is 1.44 bits per heavy atom. The number of nitrogens with zero attached hydrogens (tertiary/aromatic N) is 2. The molecule has 2 aromatic rings. The molecule has 1 atom stereocenters. The van der Waals surface area contributed by atoms with Crippen LogP contribution in [0, 0.1) is 0 Å². The van der Waals surface area contributed by atoms with Gasteiger partial charge in [-0.05, 0) is 49.6 Å². The van der Waals surface area contributed by atoms with Crippen molar-refractivity contribution in [1.29, 1.82) is 0 Å². The van der Waals surface area contributed by atoms with E-state index in [0.29, 0.717) is 12.5 Å². The second kappa shape index (κ2) is 8.67. The summed E-state index contributed by atoms with van der Waals surface area (Å²) in [5.41, 5.74) is 2.29. The van der Waals surface area contributed by atoms with E-state index >= 15 is 0 Å². The minimum atomic E-state index is -0.00313. The SMILES string of the molecule is COc1cccc(CCNC(=O)Cn2nccc2[C@H]2CCCNC2)c1. The molecule has 0 unspecified atom stereocenters. The Bertz CT molecular complexity index is 692. The van der Waals surface area contributed by atoms with Gasteiger partial charge in [0.25, 0.3) is 0 Å². The second-order valence-electron chi connectivity index (χ2n) is 6.41. The lowest BCUT2D eigenvalue weighted by Gasteiger charge is -2.23. The van der Waals surface area contributed by atoms with Gasteiger partial charge < -0.3 is 15.4 Å². The number of piperidine rings is 1. The average molecular weight is 342 g/mol. The predicted molar refractivity (Wildman–Crippen MR) is 96.8 cm³/mol. The van der Waals surface area contributed by atoms with Gasteiger partial charge in [0.15, 0.2) is 0 Å². The number of ether oxygens (including phenoxy) is 1. The van der Waals surface area contributed by atoms with E-state index in [4.69, 9.17) is 4.74 Å². The number of aromatic nitrogens is 2. The number of hydrogen-bond donors (Lipinski definition) is 2. The third kappa shape index (κ3) is 4.82. The van der Waals surface area contributed by atoms with Crippen LogP contribution in [0.15, 0.2) is 36.5 Å². The van der Waals surface area contributed by atoms with Crippen LogP contribution in [-0.4, -0.2) is 42.4 Å². The number of methoxy groups -OCH3 is 1. The van der Waals surface area contributed by atoms with Gasteiger partial charge in [0, 0.05) is 30.9 Å². The zero-order chi connectivity index (χ0) is 17.5. The van der Waals surface area contributed by atoms with Gasteiger partial charge in [-0.2, -0.15) is 5.10 Å². The molecule has 1 aliphatic rings. The summed E-state index contributed by atoms with van der Waals surface area (Å²) in [6.07, 6.45) is 4.88. The Balaban J connectivity index is 1.49. The van der Waals surface area contributed by atoms with E-state index in [-0.39, 0.29) is 12.5 Å². The third-order valence-electron chi connectivity index (χ3n) is 4.63. The summed E-state index contributed by atoms with van der Waals surface area (Å²) in [6.45, 7) is 2.92. The summed E-state index contributed by atoms with van der Waals surface area (Å²) >= 11 is 0. The topological polar surface area (TPSA) is 68.2 Å². The van der Waals surface area contributed by atoms with Gasteiger partial charge in [0.1, 0.15) is 12.3 Å². The molecule has 2 heterocycles. The van der Waals surface area contributed by atoms with E-state index in [1.54, 1.807) is 13.3 Å². The van der Waals surface area contributed by atoms with Crippen molar-refractivity contribution in [1.82, 2.24) is 20.4 Å². The molecule has 3 rings (SSSR count). The summed E-state index contributed by atoms with van der Waals surface area (Å²) in [5, 5.41) is 10.7.